The molecule has 0 aromatic carbocycles. The van der Waals surface area contributed by atoms with Crippen molar-refractivity contribution in [2.45, 2.75) is 13.5 Å². The van der Waals surface area contributed by atoms with E-state index in [-0.39, 0.29) is 36.2 Å². The predicted molar refractivity (Wildman–Crippen MR) is 77.4 cm³/mol. The third-order valence-corrected chi connectivity index (χ3v) is 3.74. The maximum Gasteiger partial charge on any atom is 0.527 e. The van der Waals surface area contributed by atoms with E-state index >= 15 is 0 Å². The van der Waals surface area contributed by atoms with Crippen LogP contribution in [0.15, 0.2) is 23.0 Å². The van der Waals surface area contributed by atoms with Crippen LogP contribution < -0.4 is 10.9 Å². The van der Waals surface area contributed by atoms with Crippen LogP contribution in [0.4, 0.5) is 5.95 Å². The van der Waals surface area contributed by atoms with Gasteiger partial charge < -0.3 is 9.09 Å². The summed E-state index contributed by atoms with van der Waals surface area (Å²) in [6, 6.07) is 0. The van der Waals surface area contributed by atoms with Crippen LogP contribution in [0.2, 0.25) is 0 Å². The highest BCUT2D eigenvalue weighted by Crippen LogP contribution is 2.46. The van der Waals surface area contributed by atoms with Crippen molar-refractivity contribution in [1.82, 2.24) is 19.5 Å². The molecule has 0 bridgehead atoms. The van der Waals surface area contributed by atoms with Crippen LogP contribution in [0.3, 0.4) is 0 Å². The summed E-state index contributed by atoms with van der Waals surface area (Å²) in [5.74, 6) is -0.379. The summed E-state index contributed by atoms with van der Waals surface area (Å²) in [5, 5.41) is 2.39. The molecule has 3 N–H and O–H groups in total. The second kappa shape index (κ2) is 5.61. The van der Waals surface area contributed by atoms with Crippen LogP contribution in [-0.2, 0) is 25.0 Å². The summed E-state index contributed by atoms with van der Waals surface area (Å²) < 4.78 is 21.9. The molecule has 0 radical (unpaired) electrons. The Morgan fingerprint density at radius 1 is 1.61 bits per heavy atom. The molecule has 0 aliphatic carbocycles. The van der Waals surface area contributed by atoms with E-state index in [0.29, 0.717) is 5.57 Å². The van der Waals surface area contributed by atoms with Gasteiger partial charge in [0, 0.05) is 12.5 Å². The normalized spacial score (nSPS) is 20.9. The van der Waals surface area contributed by atoms with Crippen molar-refractivity contribution in [3.63, 3.8) is 0 Å². The van der Waals surface area contributed by atoms with Crippen molar-refractivity contribution in [3.05, 3.63) is 28.5 Å². The summed E-state index contributed by atoms with van der Waals surface area (Å²) in [4.78, 5) is 42.6. The second-order valence-electron chi connectivity index (χ2n) is 4.76. The van der Waals surface area contributed by atoms with E-state index in [0.717, 1.165) is 6.26 Å². The largest absolute Gasteiger partial charge is 0.527 e. The summed E-state index contributed by atoms with van der Waals surface area (Å²) in [6.45, 7) is 1.37. The number of nitrogens with one attached hydrogen (secondary N) is 2. The Kier molecular flexibility index (Phi) is 3.76. The first-order valence-corrected chi connectivity index (χ1v) is 7.90. The van der Waals surface area contributed by atoms with Crippen molar-refractivity contribution < 1.29 is 23.3 Å². The lowest BCUT2D eigenvalue weighted by Gasteiger charge is -2.18. The van der Waals surface area contributed by atoms with Crippen LogP contribution in [0.1, 0.15) is 6.92 Å². The number of aromatic amines is 1. The number of hydrogen-bond donors (Lipinski definition) is 3. The van der Waals surface area contributed by atoms with Crippen molar-refractivity contribution in [3.8, 4) is 0 Å². The molecule has 122 valence electrons. The Bertz CT molecular complexity index is 915. The molecule has 0 saturated carbocycles. The van der Waals surface area contributed by atoms with E-state index in [1.165, 1.54) is 17.8 Å². The molecule has 1 atom stereocenters. The van der Waals surface area contributed by atoms with Gasteiger partial charge in [0.1, 0.15) is 0 Å². The summed E-state index contributed by atoms with van der Waals surface area (Å²) >= 11 is 0. The fraction of sp³-hybridized carbons (Fsp3) is 0.273. The topological polar surface area (TPSA) is 148 Å². The zero-order valence-corrected chi connectivity index (χ0v) is 12.7. The number of amides is 1. The summed E-state index contributed by atoms with van der Waals surface area (Å²) in [6.07, 6.45) is 2.52. The second-order valence-corrected chi connectivity index (χ2v) is 6.17. The van der Waals surface area contributed by atoms with Crippen LogP contribution in [0.5, 0.6) is 0 Å². The van der Waals surface area contributed by atoms with Gasteiger partial charge in [-0.3, -0.25) is 29.3 Å². The number of hydrogen-bond acceptors (Lipinski definition) is 7. The predicted octanol–water partition coefficient (Wildman–Crippen LogP) is 0.109. The Balaban J connectivity index is 1.94. The number of aromatic nitrogens is 4. The Morgan fingerprint density at radius 2 is 2.39 bits per heavy atom. The lowest BCUT2D eigenvalue weighted by atomic mass is 10.3. The van der Waals surface area contributed by atoms with Gasteiger partial charge in [-0.1, -0.05) is 0 Å². The molecule has 12 heteroatoms. The molecule has 3 rings (SSSR count). The zero-order valence-electron chi connectivity index (χ0n) is 11.8. The highest BCUT2D eigenvalue weighted by atomic mass is 31.2. The van der Waals surface area contributed by atoms with Gasteiger partial charge in [-0.25, -0.2) is 9.55 Å². The fourth-order valence-corrected chi connectivity index (χ4v) is 2.64. The lowest BCUT2D eigenvalue weighted by molar-refractivity contribution is -0.114. The smallest absolute Gasteiger partial charge is 0.412 e. The number of nitrogens with zero attached hydrogens (tertiary/aromatic N) is 3. The number of carbonyl (C=O) groups is 1. The zero-order chi connectivity index (χ0) is 16.6. The molecular weight excluding hydrogens is 329 g/mol. The van der Waals surface area contributed by atoms with E-state index in [2.05, 4.69) is 29.3 Å². The van der Waals surface area contributed by atoms with Gasteiger partial charge in [-0.2, -0.15) is 4.98 Å². The minimum atomic E-state index is -4.01. The first kappa shape index (κ1) is 15.4. The molecule has 11 nitrogen and oxygen atoms in total. The molecule has 1 aliphatic heterocycles. The molecule has 2 aromatic heterocycles. The number of anilines is 1. The third kappa shape index (κ3) is 3.31. The van der Waals surface area contributed by atoms with E-state index in [9.17, 15) is 14.2 Å². The van der Waals surface area contributed by atoms with Gasteiger partial charge in [0.05, 0.1) is 25.7 Å². The average molecular weight is 341 g/mol. The Hall–Kier alpha value is -2.49. The van der Waals surface area contributed by atoms with Crippen molar-refractivity contribution >= 4 is 30.8 Å². The number of fused-ring (bicyclic) bond motifs is 1. The molecule has 23 heavy (non-hydrogen) atoms. The summed E-state index contributed by atoms with van der Waals surface area (Å²) in [5.41, 5.74) is 0.400. The minimum Gasteiger partial charge on any atom is -0.412 e. The van der Waals surface area contributed by atoms with Crippen molar-refractivity contribution in [1.29, 1.82) is 0 Å². The number of imidazole rings is 1. The quantitative estimate of drug-likeness (QED) is 0.666. The Morgan fingerprint density at radius 3 is 3.04 bits per heavy atom. The number of phosphoric acid groups is 1. The van der Waals surface area contributed by atoms with Gasteiger partial charge >= 0.3 is 7.82 Å². The highest BCUT2D eigenvalue weighted by molar-refractivity contribution is 7.47. The molecule has 1 aliphatic rings. The number of H-pyrrole nitrogens is 1. The van der Waals surface area contributed by atoms with Crippen LogP contribution in [0, 0.1) is 0 Å². The molecule has 0 fully saturated rings. The van der Waals surface area contributed by atoms with Crippen molar-refractivity contribution in [2.75, 3.05) is 11.9 Å². The molecule has 1 amide bonds. The molecule has 3 heterocycles. The lowest BCUT2D eigenvalue weighted by Crippen LogP contribution is -2.17. The van der Waals surface area contributed by atoms with Gasteiger partial charge in [0.25, 0.3) is 5.56 Å². The fourth-order valence-electron chi connectivity index (χ4n) is 1.97. The molecule has 1 unspecified atom stereocenters. The summed E-state index contributed by atoms with van der Waals surface area (Å²) in [7, 11) is -4.01. The molecule has 0 spiro atoms. The van der Waals surface area contributed by atoms with Crippen LogP contribution in [-0.4, -0.2) is 36.9 Å². The number of rotatable bonds is 3. The average Bonchev–Trinajstić information content (AvgIpc) is 2.84. The monoisotopic (exact) mass is 341 g/mol. The van der Waals surface area contributed by atoms with Crippen molar-refractivity contribution in [2.24, 2.45) is 0 Å². The van der Waals surface area contributed by atoms with E-state index in [1.807, 2.05) is 0 Å². The van der Waals surface area contributed by atoms with Gasteiger partial charge in [-0.15, -0.1) is 0 Å². The number of carbonyl (C=O) groups excluding carboxylic acids is 1. The molecule has 0 saturated heterocycles. The number of phosphoric ester groups is 1. The van der Waals surface area contributed by atoms with Gasteiger partial charge in [0.15, 0.2) is 11.2 Å². The van der Waals surface area contributed by atoms with E-state index < -0.39 is 13.4 Å². The SMILES string of the molecule is CC(=O)Nc1nc2c(ncn2CC2=COP(=O)(O)OC2)c(=O)[nH]1. The van der Waals surface area contributed by atoms with Crippen LogP contribution in [0.25, 0.3) is 11.2 Å². The maximum atomic E-state index is 11.9. The first-order valence-electron chi connectivity index (χ1n) is 6.40. The standard InChI is InChI=1S/C11H12N5O6P/c1-6(17)13-11-14-9-8(10(18)15-11)12-5-16(9)2-7-3-21-23(19,20)22-4-7/h3,5H,2,4H2,1H3,(H,19,20)(H2,13,14,15,17,18). The molecular formula is C11H12N5O6P. The van der Waals surface area contributed by atoms with E-state index in [4.69, 9.17) is 4.89 Å². The van der Waals surface area contributed by atoms with Gasteiger partial charge in [-0.05, 0) is 0 Å². The third-order valence-electron chi connectivity index (χ3n) is 2.91. The Labute approximate surface area is 128 Å². The van der Waals surface area contributed by atoms with E-state index in [1.54, 1.807) is 0 Å². The maximum absolute atomic E-state index is 11.9. The van der Waals surface area contributed by atoms with Crippen LogP contribution >= 0.6 is 7.82 Å². The minimum absolute atomic E-state index is 0.00160. The highest BCUT2D eigenvalue weighted by Gasteiger charge is 2.26. The molecule has 2 aromatic rings. The van der Waals surface area contributed by atoms with Gasteiger partial charge in [0.2, 0.25) is 11.9 Å². The first-order chi connectivity index (χ1) is 10.8.